The first-order valence-electron chi connectivity index (χ1n) is 9.38. The number of carbonyl (C=O) groups is 1. The van der Waals surface area contributed by atoms with Gasteiger partial charge in [-0.1, -0.05) is 6.07 Å². The van der Waals surface area contributed by atoms with Crippen molar-refractivity contribution in [1.29, 1.82) is 0 Å². The number of nitrogens with zero attached hydrogens (tertiary/aromatic N) is 2. The number of nitrogens with one attached hydrogen (secondary N) is 2. The summed E-state index contributed by atoms with van der Waals surface area (Å²) in [6, 6.07) is 7.13. The summed E-state index contributed by atoms with van der Waals surface area (Å²) in [5.74, 6) is -0.460. The third-order valence-corrected chi connectivity index (χ3v) is 6.30. The summed E-state index contributed by atoms with van der Waals surface area (Å²) >= 11 is 2.89. The Balaban J connectivity index is 1.41. The number of H-pyrrole nitrogens is 1. The molecule has 1 amide bonds. The minimum absolute atomic E-state index is 0.0675. The van der Waals surface area contributed by atoms with E-state index in [-0.39, 0.29) is 17.8 Å². The van der Waals surface area contributed by atoms with Gasteiger partial charge in [0.05, 0.1) is 28.5 Å². The van der Waals surface area contributed by atoms with Crippen LogP contribution in [0.25, 0.3) is 10.6 Å². The molecule has 2 unspecified atom stereocenters. The molecular formula is C20H22N4O3S2. The van der Waals surface area contributed by atoms with Crippen LogP contribution in [-0.2, 0) is 11.3 Å². The highest BCUT2D eigenvalue weighted by Gasteiger charge is 2.23. The van der Waals surface area contributed by atoms with E-state index in [1.54, 1.807) is 12.1 Å². The fourth-order valence-corrected chi connectivity index (χ4v) is 4.88. The number of pyridine rings is 1. The number of aromatic amines is 1. The maximum absolute atomic E-state index is 12.5. The zero-order chi connectivity index (χ0) is 20.4. The zero-order valence-corrected chi connectivity index (χ0v) is 17.8. The lowest BCUT2D eigenvalue weighted by Crippen LogP contribution is -2.44. The van der Waals surface area contributed by atoms with Crippen molar-refractivity contribution in [2.24, 2.45) is 0 Å². The number of morpholine rings is 1. The summed E-state index contributed by atoms with van der Waals surface area (Å²) in [6.07, 6.45) is 0.390. The Labute approximate surface area is 176 Å². The molecular weight excluding hydrogens is 408 g/mol. The molecule has 1 fully saturated rings. The van der Waals surface area contributed by atoms with Crippen LogP contribution >= 0.6 is 22.7 Å². The Morgan fingerprint density at radius 1 is 1.28 bits per heavy atom. The Hall–Kier alpha value is -2.33. The van der Waals surface area contributed by atoms with Gasteiger partial charge in [-0.25, -0.2) is 4.98 Å². The van der Waals surface area contributed by atoms with Crippen molar-refractivity contribution < 1.29 is 9.53 Å². The number of hydrogen-bond acceptors (Lipinski definition) is 7. The SMILES string of the molecule is CC1CN(Cc2csc(NC(=O)c3ccc(-c4cccs4)[nH]c3=O)n2)CC(C)O1. The van der Waals surface area contributed by atoms with Gasteiger partial charge in [-0.3, -0.25) is 19.8 Å². The van der Waals surface area contributed by atoms with Gasteiger partial charge in [0.2, 0.25) is 0 Å². The lowest BCUT2D eigenvalue weighted by Gasteiger charge is -2.34. The van der Waals surface area contributed by atoms with Crippen molar-refractivity contribution in [1.82, 2.24) is 14.9 Å². The standard InChI is InChI=1S/C20H22N4O3S2/c1-12-8-24(9-13(2)27-12)10-14-11-29-20(21-14)23-19(26)15-5-6-16(22-18(15)25)17-4-3-7-28-17/h3-7,11-13H,8-10H2,1-2H3,(H,22,25)(H,21,23,26). The number of anilines is 1. The highest BCUT2D eigenvalue weighted by Crippen LogP contribution is 2.22. The maximum Gasteiger partial charge on any atom is 0.263 e. The quantitative estimate of drug-likeness (QED) is 0.648. The van der Waals surface area contributed by atoms with E-state index >= 15 is 0 Å². The van der Waals surface area contributed by atoms with Crippen LogP contribution in [0.1, 0.15) is 29.9 Å². The van der Waals surface area contributed by atoms with E-state index in [1.165, 1.54) is 22.7 Å². The molecule has 1 aliphatic rings. The number of thiazole rings is 1. The third kappa shape index (κ3) is 4.81. The molecule has 9 heteroatoms. The van der Waals surface area contributed by atoms with E-state index in [9.17, 15) is 9.59 Å². The monoisotopic (exact) mass is 430 g/mol. The van der Waals surface area contributed by atoms with Gasteiger partial charge in [0, 0.05) is 25.0 Å². The van der Waals surface area contributed by atoms with Gasteiger partial charge in [0.25, 0.3) is 11.5 Å². The summed E-state index contributed by atoms with van der Waals surface area (Å²) in [5, 5.41) is 7.10. The highest BCUT2D eigenvalue weighted by molar-refractivity contribution is 7.14. The molecule has 1 saturated heterocycles. The highest BCUT2D eigenvalue weighted by atomic mass is 32.1. The molecule has 0 spiro atoms. The summed E-state index contributed by atoms with van der Waals surface area (Å²) in [7, 11) is 0. The fourth-order valence-electron chi connectivity index (χ4n) is 3.47. The second kappa shape index (κ2) is 8.58. The van der Waals surface area contributed by atoms with Crippen LogP contribution in [-0.4, -0.2) is 46.1 Å². The van der Waals surface area contributed by atoms with Crippen molar-refractivity contribution in [3.63, 3.8) is 0 Å². The van der Waals surface area contributed by atoms with Gasteiger partial charge in [0.1, 0.15) is 5.56 Å². The van der Waals surface area contributed by atoms with E-state index in [2.05, 4.69) is 34.0 Å². The minimum atomic E-state index is -0.460. The molecule has 0 bridgehead atoms. The lowest BCUT2D eigenvalue weighted by atomic mass is 10.2. The summed E-state index contributed by atoms with van der Waals surface area (Å²) in [6.45, 7) is 6.55. The van der Waals surface area contributed by atoms with Crippen LogP contribution in [0.2, 0.25) is 0 Å². The first kappa shape index (κ1) is 20.0. The molecule has 4 rings (SSSR count). The van der Waals surface area contributed by atoms with Crippen LogP contribution in [0.5, 0.6) is 0 Å². The number of rotatable bonds is 5. The number of amides is 1. The molecule has 7 nitrogen and oxygen atoms in total. The molecule has 152 valence electrons. The summed E-state index contributed by atoms with van der Waals surface area (Å²) in [5.41, 5.74) is 1.25. The molecule has 3 aromatic heterocycles. The average Bonchev–Trinajstić information content (AvgIpc) is 3.33. The zero-order valence-electron chi connectivity index (χ0n) is 16.2. The van der Waals surface area contributed by atoms with Gasteiger partial charge >= 0.3 is 0 Å². The first-order valence-corrected chi connectivity index (χ1v) is 11.1. The average molecular weight is 431 g/mol. The second-order valence-corrected chi connectivity index (χ2v) is 8.95. The van der Waals surface area contributed by atoms with Crippen LogP contribution in [0.15, 0.2) is 39.8 Å². The van der Waals surface area contributed by atoms with Crippen molar-refractivity contribution in [2.75, 3.05) is 18.4 Å². The van der Waals surface area contributed by atoms with Crippen LogP contribution < -0.4 is 10.9 Å². The molecule has 1 aliphatic heterocycles. The normalized spacial score (nSPS) is 19.9. The number of aromatic nitrogens is 2. The molecule has 3 aromatic rings. The van der Waals surface area contributed by atoms with E-state index in [0.29, 0.717) is 17.4 Å². The van der Waals surface area contributed by atoms with Gasteiger partial charge < -0.3 is 9.72 Å². The summed E-state index contributed by atoms with van der Waals surface area (Å²) < 4.78 is 5.76. The van der Waals surface area contributed by atoms with E-state index in [0.717, 1.165) is 23.7 Å². The number of thiophene rings is 1. The molecule has 29 heavy (non-hydrogen) atoms. The van der Waals surface area contributed by atoms with Crippen molar-refractivity contribution >= 4 is 33.7 Å². The van der Waals surface area contributed by atoms with Gasteiger partial charge in [-0.05, 0) is 37.4 Å². The fraction of sp³-hybridized carbons (Fsp3) is 0.350. The molecule has 0 aliphatic carbocycles. The number of hydrogen-bond donors (Lipinski definition) is 2. The van der Waals surface area contributed by atoms with Crippen molar-refractivity contribution in [3.05, 3.63) is 56.6 Å². The van der Waals surface area contributed by atoms with Crippen LogP contribution in [0, 0.1) is 0 Å². The molecule has 0 aromatic carbocycles. The Morgan fingerprint density at radius 3 is 2.76 bits per heavy atom. The van der Waals surface area contributed by atoms with E-state index in [1.807, 2.05) is 22.9 Å². The molecule has 2 atom stereocenters. The third-order valence-electron chi connectivity index (χ3n) is 4.59. The smallest absolute Gasteiger partial charge is 0.263 e. The lowest BCUT2D eigenvalue weighted by molar-refractivity contribution is -0.0707. The van der Waals surface area contributed by atoms with Crippen molar-refractivity contribution in [3.8, 4) is 10.6 Å². The Bertz CT molecular complexity index is 1030. The minimum Gasteiger partial charge on any atom is -0.373 e. The number of carbonyl (C=O) groups excluding carboxylic acids is 1. The van der Waals surface area contributed by atoms with E-state index < -0.39 is 11.5 Å². The first-order chi connectivity index (χ1) is 14.0. The van der Waals surface area contributed by atoms with Gasteiger partial charge in [-0.15, -0.1) is 22.7 Å². The Kier molecular flexibility index (Phi) is 5.91. The van der Waals surface area contributed by atoms with Crippen LogP contribution in [0.4, 0.5) is 5.13 Å². The van der Waals surface area contributed by atoms with E-state index in [4.69, 9.17) is 4.74 Å². The molecule has 0 saturated carbocycles. The molecule has 0 radical (unpaired) electrons. The van der Waals surface area contributed by atoms with Gasteiger partial charge in [-0.2, -0.15) is 0 Å². The predicted molar refractivity (Wildman–Crippen MR) is 116 cm³/mol. The molecule has 4 heterocycles. The largest absolute Gasteiger partial charge is 0.373 e. The summed E-state index contributed by atoms with van der Waals surface area (Å²) in [4.78, 5) is 35.4. The second-order valence-electron chi connectivity index (χ2n) is 7.14. The molecule has 2 N–H and O–H groups in total. The Morgan fingerprint density at radius 2 is 2.07 bits per heavy atom. The predicted octanol–water partition coefficient (Wildman–Crippen LogP) is 3.42. The topological polar surface area (TPSA) is 87.3 Å². The van der Waals surface area contributed by atoms with Gasteiger partial charge in [0.15, 0.2) is 5.13 Å². The number of ether oxygens (including phenoxy) is 1. The maximum atomic E-state index is 12.5. The van der Waals surface area contributed by atoms with Crippen LogP contribution in [0.3, 0.4) is 0 Å². The van der Waals surface area contributed by atoms with Crippen molar-refractivity contribution in [2.45, 2.75) is 32.6 Å².